The molecule has 2 N–H and O–H groups in total. The van der Waals surface area contributed by atoms with E-state index in [1.807, 2.05) is 19.1 Å². The summed E-state index contributed by atoms with van der Waals surface area (Å²) in [6.07, 6.45) is 1.72. The van der Waals surface area contributed by atoms with Gasteiger partial charge < -0.3 is 14.8 Å². The summed E-state index contributed by atoms with van der Waals surface area (Å²) in [6, 6.07) is 5.35. The summed E-state index contributed by atoms with van der Waals surface area (Å²) < 4.78 is 19.5. The summed E-state index contributed by atoms with van der Waals surface area (Å²) >= 11 is 6.31. The lowest BCUT2D eigenvalue weighted by molar-refractivity contribution is -0.120. The number of aromatic amines is 1. The fraction of sp³-hybridized carbons (Fsp3) is 0.333. The lowest BCUT2D eigenvalue weighted by atomic mass is 10.1. The van der Waals surface area contributed by atoms with Gasteiger partial charge in [-0.25, -0.2) is 4.39 Å². The lowest BCUT2D eigenvalue weighted by Crippen LogP contribution is -2.22. The molecule has 0 saturated carbocycles. The second kappa shape index (κ2) is 7.27. The van der Waals surface area contributed by atoms with E-state index in [1.165, 1.54) is 0 Å². The summed E-state index contributed by atoms with van der Waals surface area (Å²) in [5, 5.41) is 7.56. The van der Waals surface area contributed by atoms with E-state index >= 15 is 0 Å². The minimum absolute atomic E-state index is 0.123. The molecule has 0 fully saturated rings. The Labute approximate surface area is 149 Å². The summed E-state index contributed by atoms with van der Waals surface area (Å²) in [6.45, 7) is 3.72. The number of fused-ring (bicyclic) bond motifs is 1. The van der Waals surface area contributed by atoms with Crippen LogP contribution in [-0.2, 0) is 24.2 Å². The number of hydrogen-bond acceptors (Lipinski definition) is 3. The van der Waals surface area contributed by atoms with Gasteiger partial charge in [-0.05, 0) is 37.5 Å². The van der Waals surface area contributed by atoms with Crippen LogP contribution in [0.3, 0.4) is 0 Å². The Morgan fingerprint density at radius 3 is 2.84 bits per heavy atom. The van der Waals surface area contributed by atoms with Gasteiger partial charge in [0.2, 0.25) is 5.91 Å². The van der Waals surface area contributed by atoms with Crippen LogP contribution >= 0.6 is 11.6 Å². The Balaban J connectivity index is 1.81. The number of carbonyl (C=O) groups excluding carboxylic acids is 1. The van der Waals surface area contributed by atoms with Crippen LogP contribution in [0.25, 0.3) is 10.9 Å². The minimum Gasteiger partial charge on any atom is -0.361 e. The van der Waals surface area contributed by atoms with Crippen molar-refractivity contribution in [3.8, 4) is 0 Å². The zero-order valence-electron chi connectivity index (χ0n) is 14.1. The largest absolute Gasteiger partial charge is 0.361 e. The monoisotopic (exact) mass is 363 g/mol. The van der Waals surface area contributed by atoms with Crippen molar-refractivity contribution < 1.29 is 13.7 Å². The predicted octanol–water partition coefficient (Wildman–Crippen LogP) is 4.07. The quantitative estimate of drug-likeness (QED) is 0.693. The molecule has 0 aliphatic heterocycles. The molecule has 2 aromatic heterocycles. The number of rotatable bonds is 6. The maximum atomic E-state index is 14.5. The van der Waals surface area contributed by atoms with Crippen LogP contribution in [0.2, 0.25) is 5.02 Å². The first-order valence-corrected chi connectivity index (χ1v) is 8.53. The molecule has 0 aliphatic carbocycles. The summed E-state index contributed by atoms with van der Waals surface area (Å²) in [5.74, 6) is 0.258. The molecule has 7 heteroatoms. The standard InChI is InChI=1S/C18H19ClFN3O2/c1-3-17(24)21-9-16-18(20)13-8-14(19)11(7-15(13)22-16)4-5-12-6-10(2)25-23-12/h6-8,22H,3-5,9H2,1-2H3,(H,21,24). The van der Waals surface area contributed by atoms with Gasteiger partial charge in [-0.1, -0.05) is 23.7 Å². The van der Waals surface area contributed by atoms with E-state index in [0.29, 0.717) is 40.9 Å². The van der Waals surface area contributed by atoms with Gasteiger partial charge >= 0.3 is 0 Å². The molecule has 0 atom stereocenters. The first-order chi connectivity index (χ1) is 12.0. The molecule has 3 aromatic rings. The van der Waals surface area contributed by atoms with Gasteiger partial charge in [0.05, 0.1) is 17.9 Å². The maximum Gasteiger partial charge on any atom is 0.220 e. The Morgan fingerprint density at radius 2 is 2.16 bits per heavy atom. The number of hydrogen-bond donors (Lipinski definition) is 2. The van der Waals surface area contributed by atoms with Crippen LogP contribution in [0.15, 0.2) is 22.7 Å². The third-order valence-electron chi connectivity index (χ3n) is 4.08. The van der Waals surface area contributed by atoms with Crippen molar-refractivity contribution in [1.29, 1.82) is 0 Å². The van der Waals surface area contributed by atoms with E-state index in [9.17, 15) is 9.18 Å². The molecule has 3 rings (SSSR count). The second-order valence-electron chi connectivity index (χ2n) is 5.97. The zero-order chi connectivity index (χ0) is 18.0. The van der Waals surface area contributed by atoms with Crippen molar-refractivity contribution in [2.45, 2.75) is 39.7 Å². The van der Waals surface area contributed by atoms with E-state index in [4.69, 9.17) is 16.1 Å². The molecule has 1 aromatic carbocycles. The van der Waals surface area contributed by atoms with E-state index in [-0.39, 0.29) is 18.3 Å². The van der Waals surface area contributed by atoms with E-state index in [2.05, 4.69) is 15.5 Å². The van der Waals surface area contributed by atoms with Crippen molar-refractivity contribution >= 4 is 28.4 Å². The van der Waals surface area contributed by atoms with Crippen LogP contribution in [0.1, 0.15) is 36.1 Å². The molecule has 0 bridgehead atoms. The van der Waals surface area contributed by atoms with Gasteiger partial charge in [0, 0.05) is 28.4 Å². The average Bonchev–Trinajstić information content (AvgIpc) is 3.14. The molecular formula is C18H19ClFN3O2. The van der Waals surface area contributed by atoms with Gasteiger partial charge in [-0.3, -0.25) is 4.79 Å². The molecule has 0 radical (unpaired) electrons. The van der Waals surface area contributed by atoms with Gasteiger partial charge in [-0.2, -0.15) is 0 Å². The van der Waals surface area contributed by atoms with Crippen LogP contribution in [0.4, 0.5) is 4.39 Å². The number of aryl methyl sites for hydroxylation is 3. The SMILES string of the molecule is CCC(=O)NCc1[nH]c2cc(CCc3cc(C)on3)c(Cl)cc2c1F. The average molecular weight is 364 g/mol. The normalized spacial score (nSPS) is 11.2. The molecule has 0 aliphatic rings. The summed E-state index contributed by atoms with van der Waals surface area (Å²) in [7, 11) is 0. The number of halogens is 2. The van der Waals surface area contributed by atoms with E-state index in [0.717, 1.165) is 17.0 Å². The highest BCUT2D eigenvalue weighted by molar-refractivity contribution is 6.32. The third-order valence-corrected chi connectivity index (χ3v) is 4.44. The molecule has 25 heavy (non-hydrogen) atoms. The van der Waals surface area contributed by atoms with Crippen molar-refractivity contribution in [3.05, 3.63) is 51.8 Å². The fourth-order valence-corrected chi connectivity index (χ4v) is 2.97. The minimum atomic E-state index is -0.382. The fourth-order valence-electron chi connectivity index (χ4n) is 2.71. The first-order valence-electron chi connectivity index (χ1n) is 8.15. The number of nitrogens with one attached hydrogen (secondary N) is 2. The number of H-pyrrole nitrogens is 1. The van der Waals surface area contributed by atoms with Crippen molar-refractivity contribution in [3.63, 3.8) is 0 Å². The highest BCUT2D eigenvalue weighted by atomic mass is 35.5. The first kappa shape index (κ1) is 17.5. The zero-order valence-corrected chi connectivity index (χ0v) is 14.8. The summed E-state index contributed by atoms with van der Waals surface area (Å²) in [4.78, 5) is 14.4. The van der Waals surface area contributed by atoms with E-state index in [1.54, 1.807) is 13.0 Å². The van der Waals surface area contributed by atoms with Crippen LogP contribution in [0, 0.1) is 12.7 Å². The maximum absolute atomic E-state index is 14.5. The predicted molar refractivity (Wildman–Crippen MR) is 94.1 cm³/mol. The highest BCUT2D eigenvalue weighted by Gasteiger charge is 2.15. The van der Waals surface area contributed by atoms with Gasteiger partial charge in [0.15, 0.2) is 5.82 Å². The topological polar surface area (TPSA) is 70.9 Å². The van der Waals surface area contributed by atoms with Gasteiger partial charge in [0.25, 0.3) is 0 Å². The number of benzene rings is 1. The van der Waals surface area contributed by atoms with E-state index < -0.39 is 0 Å². The number of carbonyl (C=O) groups is 1. The van der Waals surface area contributed by atoms with Crippen LogP contribution in [0.5, 0.6) is 0 Å². The highest BCUT2D eigenvalue weighted by Crippen LogP contribution is 2.28. The molecule has 2 heterocycles. The molecule has 132 valence electrons. The van der Waals surface area contributed by atoms with Crippen LogP contribution < -0.4 is 5.32 Å². The molecular weight excluding hydrogens is 345 g/mol. The Morgan fingerprint density at radius 1 is 1.36 bits per heavy atom. The number of aromatic nitrogens is 2. The molecule has 5 nitrogen and oxygen atoms in total. The Kier molecular flexibility index (Phi) is 5.08. The Hall–Kier alpha value is -2.34. The lowest BCUT2D eigenvalue weighted by Gasteiger charge is -2.03. The smallest absolute Gasteiger partial charge is 0.220 e. The summed E-state index contributed by atoms with van der Waals surface area (Å²) in [5.41, 5.74) is 2.76. The van der Waals surface area contributed by atoms with Crippen molar-refractivity contribution in [2.24, 2.45) is 0 Å². The molecule has 0 spiro atoms. The molecule has 0 saturated heterocycles. The third kappa shape index (κ3) is 3.85. The number of nitrogens with zero attached hydrogens (tertiary/aromatic N) is 1. The molecule has 1 amide bonds. The van der Waals surface area contributed by atoms with Crippen LogP contribution in [-0.4, -0.2) is 16.0 Å². The van der Waals surface area contributed by atoms with Gasteiger partial charge in [0.1, 0.15) is 5.76 Å². The second-order valence-corrected chi connectivity index (χ2v) is 6.37. The van der Waals surface area contributed by atoms with Gasteiger partial charge in [-0.15, -0.1) is 0 Å². The Bertz CT molecular complexity index is 917. The number of amides is 1. The van der Waals surface area contributed by atoms with Crippen molar-refractivity contribution in [2.75, 3.05) is 0 Å². The van der Waals surface area contributed by atoms with Crippen molar-refractivity contribution in [1.82, 2.24) is 15.5 Å². The molecule has 0 unspecified atom stereocenters.